The molecular formula is C11H25NO2. The van der Waals surface area contributed by atoms with Gasteiger partial charge in [0.25, 0.3) is 0 Å². The van der Waals surface area contributed by atoms with Crippen molar-refractivity contribution in [3.05, 3.63) is 0 Å². The number of nitrogens with two attached hydrogens (primary N) is 1. The fraction of sp³-hybridized carbons (Fsp3) is 1.00. The summed E-state index contributed by atoms with van der Waals surface area (Å²) in [7, 11) is 1.68. The maximum absolute atomic E-state index is 6.01. The molecule has 0 aromatic carbocycles. The Morgan fingerprint density at radius 1 is 1.14 bits per heavy atom. The molecule has 3 heteroatoms. The maximum Gasteiger partial charge on any atom is 0.0700 e. The van der Waals surface area contributed by atoms with Crippen LogP contribution in [0.5, 0.6) is 0 Å². The van der Waals surface area contributed by atoms with Crippen molar-refractivity contribution in [2.45, 2.75) is 39.2 Å². The van der Waals surface area contributed by atoms with Gasteiger partial charge in [-0.05, 0) is 18.8 Å². The lowest BCUT2D eigenvalue weighted by molar-refractivity contribution is 0.0651. The van der Waals surface area contributed by atoms with Gasteiger partial charge in [-0.3, -0.25) is 0 Å². The zero-order valence-electron chi connectivity index (χ0n) is 9.79. The summed E-state index contributed by atoms with van der Waals surface area (Å²) < 4.78 is 10.2. The summed E-state index contributed by atoms with van der Waals surface area (Å²) in [6.45, 7) is 6.49. The standard InChI is InChI=1S/C11H25NO2/c1-4-5-10(2)11(12)6-7-14-9-8-13-3/h10-11H,4-9,12H2,1-3H3. The van der Waals surface area contributed by atoms with Crippen molar-refractivity contribution >= 4 is 0 Å². The fourth-order valence-electron chi connectivity index (χ4n) is 1.42. The summed E-state index contributed by atoms with van der Waals surface area (Å²) in [5.74, 6) is 0.603. The topological polar surface area (TPSA) is 44.5 Å². The van der Waals surface area contributed by atoms with Gasteiger partial charge < -0.3 is 15.2 Å². The fourth-order valence-corrected chi connectivity index (χ4v) is 1.42. The first-order valence-corrected chi connectivity index (χ1v) is 5.54. The van der Waals surface area contributed by atoms with Crippen LogP contribution in [0.25, 0.3) is 0 Å². The number of hydrogen-bond donors (Lipinski definition) is 1. The van der Waals surface area contributed by atoms with Crippen molar-refractivity contribution in [3.63, 3.8) is 0 Å². The Morgan fingerprint density at radius 3 is 2.43 bits per heavy atom. The third-order valence-corrected chi connectivity index (χ3v) is 2.50. The van der Waals surface area contributed by atoms with E-state index in [0.717, 1.165) is 13.0 Å². The number of hydrogen-bond acceptors (Lipinski definition) is 3. The molecule has 3 nitrogen and oxygen atoms in total. The number of methoxy groups -OCH3 is 1. The highest BCUT2D eigenvalue weighted by Crippen LogP contribution is 2.11. The lowest BCUT2D eigenvalue weighted by Gasteiger charge is -2.18. The van der Waals surface area contributed by atoms with Crippen molar-refractivity contribution in [1.29, 1.82) is 0 Å². The molecule has 0 fully saturated rings. The summed E-state index contributed by atoms with van der Waals surface area (Å²) in [5.41, 5.74) is 6.01. The van der Waals surface area contributed by atoms with Gasteiger partial charge in [-0.15, -0.1) is 0 Å². The first-order valence-electron chi connectivity index (χ1n) is 5.54. The van der Waals surface area contributed by atoms with E-state index in [4.69, 9.17) is 15.2 Å². The van der Waals surface area contributed by atoms with Gasteiger partial charge in [-0.25, -0.2) is 0 Å². The van der Waals surface area contributed by atoms with E-state index >= 15 is 0 Å². The first-order chi connectivity index (χ1) is 6.72. The smallest absolute Gasteiger partial charge is 0.0700 e. The number of ether oxygens (including phenoxy) is 2. The third kappa shape index (κ3) is 7.30. The summed E-state index contributed by atoms with van der Waals surface area (Å²) in [6, 6.07) is 0.275. The summed E-state index contributed by atoms with van der Waals surface area (Å²) in [5, 5.41) is 0. The highest BCUT2D eigenvalue weighted by Gasteiger charge is 2.10. The van der Waals surface area contributed by atoms with E-state index in [0.29, 0.717) is 19.1 Å². The summed E-state index contributed by atoms with van der Waals surface area (Å²) >= 11 is 0. The number of rotatable bonds is 9. The van der Waals surface area contributed by atoms with Crippen LogP contribution in [0.1, 0.15) is 33.1 Å². The molecule has 0 aliphatic carbocycles. The second kappa shape index (κ2) is 9.44. The highest BCUT2D eigenvalue weighted by atomic mass is 16.5. The maximum atomic E-state index is 6.01. The van der Waals surface area contributed by atoms with Gasteiger partial charge in [0.05, 0.1) is 13.2 Å². The molecule has 0 saturated carbocycles. The van der Waals surface area contributed by atoms with Crippen LogP contribution < -0.4 is 5.73 Å². The van der Waals surface area contributed by atoms with Gasteiger partial charge in [-0.2, -0.15) is 0 Å². The molecule has 0 rings (SSSR count). The van der Waals surface area contributed by atoms with Crippen molar-refractivity contribution in [2.24, 2.45) is 11.7 Å². The van der Waals surface area contributed by atoms with Gasteiger partial charge >= 0.3 is 0 Å². The van der Waals surface area contributed by atoms with Crippen LogP contribution in [0.15, 0.2) is 0 Å². The molecule has 0 aromatic heterocycles. The van der Waals surface area contributed by atoms with Crippen LogP contribution in [0, 0.1) is 5.92 Å². The molecule has 2 atom stereocenters. The van der Waals surface area contributed by atoms with Crippen molar-refractivity contribution in [1.82, 2.24) is 0 Å². The molecule has 0 saturated heterocycles. The van der Waals surface area contributed by atoms with Crippen LogP contribution in [-0.2, 0) is 9.47 Å². The van der Waals surface area contributed by atoms with E-state index in [-0.39, 0.29) is 6.04 Å². The molecule has 0 amide bonds. The minimum atomic E-state index is 0.275. The Labute approximate surface area is 88.0 Å². The zero-order valence-corrected chi connectivity index (χ0v) is 9.79. The normalized spacial score (nSPS) is 15.4. The van der Waals surface area contributed by atoms with Crippen LogP contribution in [0.2, 0.25) is 0 Å². The first kappa shape index (κ1) is 13.9. The van der Waals surface area contributed by atoms with Gasteiger partial charge in [0, 0.05) is 19.8 Å². The Balaban J connectivity index is 3.29. The molecule has 0 spiro atoms. The third-order valence-electron chi connectivity index (χ3n) is 2.50. The predicted octanol–water partition coefficient (Wildman–Crippen LogP) is 1.80. The van der Waals surface area contributed by atoms with E-state index in [2.05, 4.69) is 13.8 Å². The van der Waals surface area contributed by atoms with Crippen molar-refractivity contribution in [3.8, 4) is 0 Å². The van der Waals surface area contributed by atoms with Crippen LogP contribution in [0.3, 0.4) is 0 Å². The van der Waals surface area contributed by atoms with Crippen LogP contribution in [0.4, 0.5) is 0 Å². The van der Waals surface area contributed by atoms with Gasteiger partial charge in [-0.1, -0.05) is 20.3 Å². The molecular weight excluding hydrogens is 178 g/mol. The SMILES string of the molecule is CCCC(C)C(N)CCOCCOC. The Morgan fingerprint density at radius 2 is 1.86 bits per heavy atom. The minimum Gasteiger partial charge on any atom is -0.382 e. The van der Waals surface area contributed by atoms with E-state index in [1.54, 1.807) is 7.11 Å². The second-order valence-corrected chi connectivity index (χ2v) is 3.82. The minimum absolute atomic E-state index is 0.275. The van der Waals surface area contributed by atoms with Crippen LogP contribution >= 0.6 is 0 Å². The lowest BCUT2D eigenvalue weighted by Crippen LogP contribution is -2.29. The van der Waals surface area contributed by atoms with Crippen LogP contribution in [-0.4, -0.2) is 33.0 Å². The van der Waals surface area contributed by atoms with Crippen molar-refractivity contribution in [2.75, 3.05) is 26.9 Å². The second-order valence-electron chi connectivity index (χ2n) is 3.82. The molecule has 2 N–H and O–H groups in total. The van der Waals surface area contributed by atoms with Gasteiger partial charge in [0.2, 0.25) is 0 Å². The molecule has 0 bridgehead atoms. The molecule has 2 unspecified atom stereocenters. The largest absolute Gasteiger partial charge is 0.382 e. The average molecular weight is 203 g/mol. The van der Waals surface area contributed by atoms with Crippen molar-refractivity contribution < 1.29 is 9.47 Å². The Hall–Kier alpha value is -0.120. The highest BCUT2D eigenvalue weighted by molar-refractivity contribution is 4.68. The van der Waals surface area contributed by atoms with E-state index in [9.17, 15) is 0 Å². The van der Waals surface area contributed by atoms with Gasteiger partial charge in [0.1, 0.15) is 0 Å². The average Bonchev–Trinajstić information content (AvgIpc) is 2.17. The molecule has 0 aliphatic rings. The quantitative estimate of drug-likeness (QED) is 0.581. The Kier molecular flexibility index (Phi) is 9.35. The summed E-state index contributed by atoms with van der Waals surface area (Å²) in [6.07, 6.45) is 3.36. The van der Waals surface area contributed by atoms with E-state index in [1.165, 1.54) is 12.8 Å². The monoisotopic (exact) mass is 203 g/mol. The summed E-state index contributed by atoms with van der Waals surface area (Å²) in [4.78, 5) is 0. The Bertz CT molecular complexity index is 120. The van der Waals surface area contributed by atoms with E-state index < -0.39 is 0 Å². The molecule has 0 radical (unpaired) electrons. The molecule has 86 valence electrons. The van der Waals surface area contributed by atoms with Gasteiger partial charge in [0.15, 0.2) is 0 Å². The molecule has 0 aliphatic heterocycles. The molecule has 0 heterocycles. The lowest BCUT2D eigenvalue weighted by atomic mass is 9.96. The predicted molar refractivity (Wildman–Crippen MR) is 59.4 cm³/mol. The molecule has 0 aromatic rings. The zero-order chi connectivity index (χ0) is 10.8. The van der Waals surface area contributed by atoms with E-state index in [1.807, 2.05) is 0 Å². The molecule has 14 heavy (non-hydrogen) atoms.